The minimum atomic E-state index is -0.559. The summed E-state index contributed by atoms with van der Waals surface area (Å²) in [7, 11) is 0. The van der Waals surface area contributed by atoms with Gasteiger partial charge in [0.25, 0.3) is 10.9 Å². The molecule has 0 saturated carbocycles. The van der Waals surface area contributed by atoms with Crippen LogP contribution in [0, 0.1) is 0 Å². The fourth-order valence-electron chi connectivity index (χ4n) is 2.64. The number of hydrogen-bond acceptors (Lipinski definition) is 5. The lowest BCUT2D eigenvalue weighted by Crippen LogP contribution is -2.44. The summed E-state index contributed by atoms with van der Waals surface area (Å²) in [5, 5.41) is 0. The molecule has 1 aliphatic heterocycles. The second-order valence-corrected chi connectivity index (χ2v) is 4.90. The first-order chi connectivity index (χ1) is 9.11. The van der Waals surface area contributed by atoms with Gasteiger partial charge in [-0.3, -0.25) is 9.59 Å². The Bertz CT molecular complexity index is 720. The molecule has 2 aromatic rings. The summed E-state index contributed by atoms with van der Waals surface area (Å²) < 4.78 is 0. The number of nitrogens with zero attached hydrogens (tertiary/aromatic N) is 1. The van der Waals surface area contributed by atoms with E-state index in [2.05, 4.69) is 12.1 Å². The fraction of sp³-hybridized carbons (Fsp3) is 0.286. The third kappa shape index (κ3) is 2.09. The molecule has 3 rings (SSSR count). The number of halogens is 1. The van der Waals surface area contributed by atoms with Crippen molar-refractivity contribution >= 4 is 23.8 Å². The average molecular weight is 294 g/mol. The molecule has 0 aliphatic carbocycles. The Morgan fingerprint density at radius 3 is 2.55 bits per heavy atom. The van der Waals surface area contributed by atoms with Gasteiger partial charge in [-0.1, -0.05) is 18.2 Å². The van der Waals surface area contributed by atoms with Crippen molar-refractivity contribution in [3.05, 3.63) is 55.3 Å². The van der Waals surface area contributed by atoms with Crippen LogP contribution >= 0.6 is 12.4 Å². The second kappa shape index (κ2) is 5.26. The molecule has 0 aromatic heterocycles. The summed E-state index contributed by atoms with van der Waals surface area (Å²) >= 11 is 0. The lowest BCUT2D eigenvalue weighted by atomic mass is 9.96. The Kier molecular flexibility index (Phi) is 3.83. The molecule has 1 heterocycles. The number of rotatable bonds is 2. The van der Waals surface area contributed by atoms with Crippen LogP contribution in [0.4, 0.5) is 11.4 Å². The van der Waals surface area contributed by atoms with E-state index >= 15 is 0 Å². The molecule has 0 unspecified atom stereocenters. The highest BCUT2D eigenvalue weighted by molar-refractivity contribution is 5.85. The predicted molar refractivity (Wildman–Crippen MR) is 82.1 cm³/mol. The van der Waals surface area contributed by atoms with Crippen LogP contribution in [-0.4, -0.2) is 6.54 Å². The summed E-state index contributed by atoms with van der Waals surface area (Å²) in [4.78, 5) is 24.6. The lowest BCUT2D eigenvalue weighted by molar-refractivity contribution is 0.725. The van der Waals surface area contributed by atoms with E-state index < -0.39 is 10.9 Å². The lowest BCUT2D eigenvalue weighted by Gasteiger charge is -2.31. The van der Waals surface area contributed by atoms with E-state index in [1.165, 1.54) is 5.56 Å². The third-order valence-corrected chi connectivity index (χ3v) is 3.76. The van der Waals surface area contributed by atoms with Crippen LogP contribution in [0.5, 0.6) is 0 Å². The van der Waals surface area contributed by atoms with Gasteiger partial charge in [-0.25, -0.2) is 0 Å². The zero-order valence-corrected chi connectivity index (χ0v) is 11.7. The quantitative estimate of drug-likeness (QED) is 0.778. The minimum absolute atomic E-state index is 0. The number of hydrogen-bond donors (Lipinski definition) is 2. The summed E-state index contributed by atoms with van der Waals surface area (Å²) in [6.07, 6.45) is 0.846. The van der Waals surface area contributed by atoms with Gasteiger partial charge in [-0.15, -0.1) is 12.4 Å². The van der Waals surface area contributed by atoms with E-state index in [0.717, 1.165) is 17.5 Å². The van der Waals surface area contributed by atoms with Crippen molar-refractivity contribution in [1.82, 2.24) is 0 Å². The van der Waals surface area contributed by atoms with Crippen LogP contribution in [0.3, 0.4) is 0 Å². The molecule has 1 aliphatic rings. The maximum absolute atomic E-state index is 11.6. The average Bonchev–Trinajstić information content (AvgIpc) is 2.46. The first-order valence-electron chi connectivity index (χ1n) is 6.26. The van der Waals surface area contributed by atoms with Crippen molar-refractivity contribution in [2.75, 3.05) is 17.2 Å². The van der Waals surface area contributed by atoms with E-state index in [1.807, 2.05) is 11.0 Å². The van der Waals surface area contributed by atoms with E-state index in [9.17, 15) is 9.59 Å². The molecule has 0 radical (unpaired) electrons. The van der Waals surface area contributed by atoms with Gasteiger partial charge in [0.15, 0.2) is 0 Å². The molecule has 0 atom stereocenters. The topological polar surface area (TPSA) is 89.4 Å². The SMILES string of the molecule is Cl.NCc1ccc2c(c1)CN(c1c(N)c(=O)c1=O)CC2. The Morgan fingerprint density at radius 1 is 1.15 bits per heavy atom. The molecule has 106 valence electrons. The maximum atomic E-state index is 11.6. The predicted octanol–water partition coefficient (Wildman–Crippen LogP) is 0.308. The third-order valence-electron chi connectivity index (χ3n) is 3.76. The molecule has 5 nitrogen and oxygen atoms in total. The highest BCUT2D eigenvalue weighted by Crippen LogP contribution is 2.26. The Balaban J connectivity index is 0.00000147. The van der Waals surface area contributed by atoms with E-state index in [0.29, 0.717) is 25.3 Å². The summed E-state index contributed by atoms with van der Waals surface area (Å²) in [6.45, 7) is 1.82. The van der Waals surface area contributed by atoms with Crippen LogP contribution in [0.1, 0.15) is 16.7 Å². The van der Waals surface area contributed by atoms with Crippen molar-refractivity contribution < 1.29 is 0 Å². The fourth-order valence-corrected chi connectivity index (χ4v) is 2.64. The van der Waals surface area contributed by atoms with Crippen LogP contribution in [-0.2, 0) is 19.5 Å². The van der Waals surface area contributed by atoms with Gasteiger partial charge in [-0.05, 0) is 23.1 Å². The molecular formula is C14H16ClN3O2. The Morgan fingerprint density at radius 2 is 1.90 bits per heavy atom. The Labute approximate surface area is 122 Å². The maximum Gasteiger partial charge on any atom is 0.253 e. The summed E-state index contributed by atoms with van der Waals surface area (Å²) in [6, 6.07) is 6.17. The summed E-state index contributed by atoms with van der Waals surface area (Å²) in [5.41, 5.74) is 14.2. The zero-order valence-electron chi connectivity index (χ0n) is 10.9. The molecule has 0 fully saturated rings. The minimum Gasteiger partial charge on any atom is -0.394 e. The van der Waals surface area contributed by atoms with Gasteiger partial charge in [-0.2, -0.15) is 0 Å². The van der Waals surface area contributed by atoms with Crippen molar-refractivity contribution in [1.29, 1.82) is 0 Å². The van der Waals surface area contributed by atoms with Gasteiger partial charge >= 0.3 is 0 Å². The largest absolute Gasteiger partial charge is 0.394 e. The van der Waals surface area contributed by atoms with E-state index in [4.69, 9.17) is 11.5 Å². The molecule has 2 aromatic carbocycles. The zero-order chi connectivity index (χ0) is 13.6. The van der Waals surface area contributed by atoms with E-state index in [1.54, 1.807) is 0 Å². The molecule has 20 heavy (non-hydrogen) atoms. The van der Waals surface area contributed by atoms with Crippen LogP contribution in [0.15, 0.2) is 27.8 Å². The first kappa shape index (κ1) is 14.6. The van der Waals surface area contributed by atoms with Gasteiger partial charge in [0.2, 0.25) is 0 Å². The van der Waals surface area contributed by atoms with E-state index in [-0.39, 0.29) is 18.1 Å². The summed E-state index contributed by atoms with van der Waals surface area (Å²) in [5.74, 6) is 0. The van der Waals surface area contributed by atoms with Crippen LogP contribution in [0.25, 0.3) is 0 Å². The van der Waals surface area contributed by atoms with Crippen LogP contribution < -0.4 is 27.2 Å². The highest BCUT2D eigenvalue weighted by Gasteiger charge is 2.26. The number of nitrogen functional groups attached to an aromatic ring is 1. The molecule has 0 saturated heterocycles. The molecule has 0 amide bonds. The van der Waals surface area contributed by atoms with Crippen LogP contribution in [0.2, 0.25) is 0 Å². The molecule has 6 heteroatoms. The van der Waals surface area contributed by atoms with Crippen molar-refractivity contribution in [3.63, 3.8) is 0 Å². The first-order valence-corrected chi connectivity index (χ1v) is 6.26. The monoisotopic (exact) mass is 293 g/mol. The van der Waals surface area contributed by atoms with Gasteiger partial charge in [0.1, 0.15) is 11.4 Å². The van der Waals surface area contributed by atoms with Gasteiger partial charge in [0.05, 0.1) is 0 Å². The highest BCUT2D eigenvalue weighted by atomic mass is 35.5. The second-order valence-electron chi connectivity index (χ2n) is 4.90. The molecule has 0 spiro atoms. The molecule has 4 N–H and O–H groups in total. The van der Waals surface area contributed by atoms with Crippen molar-refractivity contribution in [2.24, 2.45) is 5.73 Å². The standard InChI is InChI=1S/C14H15N3O2.ClH/c15-6-8-1-2-9-3-4-17(7-10(9)5-8)12-11(16)13(18)14(12)19;/h1-2,5H,3-4,6-7,15-16H2;1H. The smallest absolute Gasteiger partial charge is 0.253 e. The normalized spacial score (nSPS) is 13.9. The number of anilines is 2. The molecule has 0 bridgehead atoms. The molecular weight excluding hydrogens is 278 g/mol. The van der Waals surface area contributed by atoms with Gasteiger partial charge < -0.3 is 16.4 Å². The number of benzene rings is 1. The number of fused-ring (bicyclic) bond motifs is 1. The van der Waals surface area contributed by atoms with Gasteiger partial charge in [0, 0.05) is 19.6 Å². The number of nitrogens with two attached hydrogens (primary N) is 2. The Hall–Kier alpha value is -1.85. The van der Waals surface area contributed by atoms with Crippen molar-refractivity contribution in [3.8, 4) is 0 Å². The van der Waals surface area contributed by atoms with Crippen molar-refractivity contribution in [2.45, 2.75) is 19.5 Å².